The molecule has 0 aliphatic rings. The van der Waals surface area contributed by atoms with Crippen molar-refractivity contribution in [1.29, 1.82) is 0 Å². The summed E-state index contributed by atoms with van der Waals surface area (Å²) >= 11 is 0. The molecule has 6 heteroatoms. The molecule has 0 fully saturated rings. The van der Waals surface area contributed by atoms with Crippen LogP contribution in [0.2, 0.25) is 0 Å². The summed E-state index contributed by atoms with van der Waals surface area (Å²) in [4.78, 5) is 8.27. The van der Waals surface area contributed by atoms with E-state index in [2.05, 4.69) is 15.1 Å². The summed E-state index contributed by atoms with van der Waals surface area (Å²) in [6.07, 6.45) is 3.38. The molecule has 2 rings (SSSR count). The molecule has 0 saturated carbocycles. The second kappa shape index (κ2) is 4.05. The maximum atomic E-state index is 5.92. The van der Waals surface area contributed by atoms with Gasteiger partial charge in [0.1, 0.15) is 5.69 Å². The highest BCUT2D eigenvalue weighted by Crippen LogP contribution is 2.20. The van der Waals surface area contributed by atoms with Crippen LogP contribution in [0, 0.1) is 5.92 Å². The first kappa shape index (κ1) is 10.8. The van der Waals surface area contributed by atoms with E-state index in [1.54, 1.807) is 12.5 Å². The molecule has 1 atom stereocenters. The van der Waals surface area contributed by atoms with Crippen molar-refractivity contribution in [3.8, 4) is 11.5 Å². The van der Waals surface area contributed by atoms with Gasteiger partial charge in [-0.1, -0.05) is 19.0 Å². The van der Waals surface area contributed by atoms with Gasteiger partial charge in [-0.25, -0.2) is 4.98 Å². The van der Waals surface area contributed by atoms with Gasteiger partial charge < -0.3 is 14.8 Å². The number of nitrogens with zero attached hydrogens (tertiary/aromatic N) is 4. The van der Waals surface area contributed by atoms with Crippen LogP contribution in [0.1, 0.15) is 25.8 Å². The third kappa shape index (κ3) is 1.83. The Balaban J connectivity index is 2.30. The Morgan fingerprint density at radius 1 is 1.44 bits per heavy atom. The van der Waals surface area contributed by atoms with E-state index in [1.807, 2.05) is 25.5 Å². The van der Waals surface area contributed by atoms with Crippen LogP contribution in [0.25, 0.3) is 11.5 Å². The third-order valence-electron chi connectivity index (χ3n) is 2.49. The highest BCUT2D eigenvalue weighted by Gasteiger charge is 2.19. The van der Waals surface area contributed by atoms with Gasteiger partial charge >= 0.3 is 0 Å². The van der Waals surface area contributed by atoms with Crippen LogP contribution in [0.15, 0.2) is 17.0 Å². The smallest absolute Gasteiger partial charge is 0.244 e. The second-order valence-corrected chi connectivity index (χ2v) is 4.12. The first-order valence-corrected chi connectivity index (χ1v) is 5.15. The molecule has 0 amide bonds. The lowest BCUT2D eigenvalue weighted by Crippen LogP contribution is -2.16. The molecule has 0 unspecified atom stereocenters. The van der Waals surface area contributed by atoms with Gasteiger partial charge in [-0.15, -0.1) is 0 Å². The summed E-state index contributed by atoms with van der Waals surface area (Å²) < 4.78 is 6.97. The Labute approximate surface area is 93.5 Å². The van der Waals surface area contributed by atoms with E-state index in [0.29, 0.717) is 11.7 Å². The predicted molar refractivity (Wildman–Crippen MR) is 58.3 cm³/mol. The molecule has 2 heterocycles. The molecule has 0 bridgehead atoms. The topological polar surface area (TPSA) is 82.8 Å². The van der Waals surface area contributed by atoms with Crippen molar-refractivity contribution < 1.29 is 4.52 Å². The van der Waals surface area contributed by atoms with Gasteiger partial charge in [0, 0.05) is 7.05 Å². The predicted octanol–water partition coefficient (Wildman–Crippen LogP) is 1.13. The fraction of sp³-hybridized carbons (Fsp3) is 0.500. The number of hydrogen-bond acceptors (Lipinski definition) is 5. The Kier molecular flexibility index (Phi) is 2.74. The van der Waals surface area contributed by atoms with Crippen molar-refractivity contribution in [2.24, 2.45) is 18.7 Å². The molecule has 0 aliphatic heterocycles. The SMILES string of the molecule is CC(C)[C@H](N)c1nc(-c2cncn2C)no1. The highest BCUT2D eigenvalue weighted by atomic mass is 16.5. The first-order chi connectivity index (χ1) is 7.59. The minimum atomic E-state index is -0.227. The van der Waals surface area contributed by atoms with E-state index in [1.165, 1.54) is 0 Å². The van der Waals surface area contributed by atoms with Crippen LogP contribution in [-0.4, -0.2) is 19.7 Å². The summed E-state index contributed by atoms with van der Waals surface area (Å²) in [6.45, 7) is 4.03. The van der Waals surface area contributed by atoms with Gasteiger partial charge in [0.25, 0.3) is 0 Å². The average Bonchev–Trinajstić information content (AvgIpc) is 2.84. The lowest BCUT2D eigenvalue weighted by molar-refractivity contribution is 0.325. The molecule has 0 aliphatic carbocycles. The number of rotatable bonds is 3. The zero-order valence-electron chi connectivity index (χ0n) is 9.58. The van der Waals surface area contributed by atoms with E-state index in [9.17, 15) is 0 Å². The largest absolute Gasteiger partial charge is 0.337 e. The van der Waals surface area contributed by atoms with E-state index >= 15 is 0 Å². The van der Waals surface area contributed by atoms with E-state index < -0.39 is 0 Å². The number of nitrogens with two attached hydrogens (primary N) is 1. The summed E-state index contributed by atoms with van der Waals surface area (Å²) in [6, 6.07) is -0.227. The van der Waals surface area contributed by atoms with Crippen LogP contribution >= 0.6 is 0 Å². The Bertz CT molecular complexity index is 473. The third-order valence-corrected chi connectivity index (χ3v) is 2.49. The van der Waals surface area contributed by atoms with Crippen molar-refractivity contribution in [3.63, 3.8) is 0 Å². The van der Waals surface area contributed by atoms with Crippen LogP contribution in [-0.2, 0) is 7.05 Å². The molecule has 16 heavy (non-hydrogen) atoms. The summed E-state index contributed by atoms with van der Waals surface area (Å²) in [5, 5.41) is 3.90. The zero-order chi connectivity index (χ0) is 11.7. The van der Waals surface area contributed by atoms with Gasteiger partial charge in [-0.2, -0.15) is 4.98 Å². The maximum absolute atomic E-state index is 5.92. The molecule has 0 aromatic carbocycles. The zero-order valence-corrected chi connectivity index (χ0v) is 9.58. The molecular formula is C10H15N5O. The number of aromatic nitrogens is 4. The van der Waals surface area contributed by atoms with Crippen molar-refractivity contribution in [3.05, 3.63) is 18.4 Å². The molecule has 0 spiro atoms. The lowest BCUT2D eigenvalue weighted by Gasteiger charge is -2.09. The Morgan fingerprint density at radius 2 is 2.19 bits per heavy atom. The van der Waals surface area contributed by atoms with Crippen LogP contribution < -0.4 is 5.73 Å². The quantitative estimate of drug-likeness (QED) is 0.839. The molecule has 2 N–H and O–H groups in total. The van der Waals surface area contributed by atoms with E-state index in [-0.39, 0.29) is 12.0 Å². The molecule has 2 aromatic heterocycles. The van der Waals surface area contributed by atoms with Gasteiger partial charge in [-0.05, 0) is 5.92 Å². The Morgan fingerprint density at radius 3 is 2.75 bits per heavy atom. The molecule has 0 saturated heterocycles. The van der Waals surface area contributed by atoms with Crippen LogP contribution in [0.3, 0.4) is 0 Å². The second-order valence-electron chi connectivity index (χ2n) is 4.12. The Hall–Kier alpha value is -1.69. The highest BCUT2D eigenvalue weighted by molar-refractivity contribution is 5.47. The molecule has 0 radical (unpaired) electrons. The van der Waals surface area contributed by atoms with Crippen molar-refractivity contribution in [2.45, 2.75) is 19.9 Å². The van der Waals surface area contributed by atoms with E-state index in [0.717, 1.165) is 5.69 Å². The van der Waals surface area contributed by atoms with Crippen molar-refractivity contribution in [2.75, 3.05) is 0 Å². The number of hydrogen-bond donors (Lipinski definition) is 1. The van der Waals surface area contributed by atoms with Crippen molar-refractivity contribution in [1.82, 2.24) is 19.7 Å². The maximum Gasteiger partial charge on any atom is 0.244 e. The van der Waals surface area contributed by atoms with Crippen LogP contribution in [0.4, 0.5) is 0 Å². The van der Waals surface area contributed by atoms with Crippen LogP contribution in [0.5, 0.6) is 0 Å². The van der Waals surface area contributed by atoms with Gasteiger partial charge in [0.15, 0.2) is 0 Å². The first-order valence-electron chi connectivity index (χ1n) is 5.15. The fourth-order valence-corrected chi connectivity index (χ4v) is 1.33. The number of imidazole rings is 1. The summed E-state index contributed by atoms with van der Waals surface area (Å²) in [7, 11) is 1.88. The molecule has 86 valence electrons. The summed E-state index contributed by atoms with van der Waals surface area (Å²) in [5.74, 6) is 1.25. The number of aryl methyl sites for hydroxylation is 1. The standard InChI is InChI=1S/C10H15N5O/c1-6(2)8(11)10-13-9(14-16-10)7-4-12-5-15(7)3/h4-6,8H,11H2,1-3H3/t8-/m0/s1. The lowest BCUT2D eigenvalue weighted by atomic mass is 10.1. The summed E-state index contributed by atoms with van der Waals surface area (Å²) in [5.41, 5.74) is 6.73. The molecular weight excluding hydrogens is 206 g/mol. The van der Waals surface area contributed by atoms with Gasteiger partial charge in [0.2, 0.25) is 11.7 Å². The minimum Gasteiger partial charge on any atom is -0.337 e. The van der Waals surface area contributed by atoms with Crippen molar-refractivity contribution >= 4 is 0 Å². The fourth-order valence-electron chi connectivity index (χ4n) is 1.33. The van der Waals surface area contributed by atoms with E-state index in [4.69, 9.17) is 10.3 Å². The normalized spacial score (nSPS) is 13.3. The molecule has 6 nitrogen and oxygen atoms in total. The van der Waals surface area contributed by atoms with Gasteiger partial charge in [0.05, 0.1) is 18.6 Å². The minimum absolute atomic E-state index is 0.227. The average molecular weight is 221 g/mol. The molecule has 2 aromatic rings. The monoisotopic (exact) mass is 221 g/mol. The van der Waals surface area contributed by atoms with Gasteiger partial charge in [-0.3, -0.25) is 0 Å².